The number of hydrogen-bond acceptors (Lipinski definition) is 4. The van der Waals surface area contributed by atoms with E-state index < -0.39 is 0 Å². The lowest BCUT2D eigenvalue weighted by Gasteiger charge is -2.17. The van der Waals surface area contributed by atoms with Crippen LogP contribution in [0.3, 0.4) is 0 Å². The molecule has 7 nitrogen and oxygen atoms in total. The summed E-state index contributed by atoms with van der Waals surface area (Å²) in [6.45, 7) is 0.855. The molecule has 1 aliphatic heterocycles. The van der Waals surface area contributed by atoms with Crippen LogP contribution in [0, 0.1) is 5.82 Å². The maximum absolute atomic E-state index is 12.9. The number of rotatable bonds is 4. The van der Waals surface area contributed by atoms with Gasteiger partial charge in [-0.15, -0.1) is 0 Å². The number of nitrogens with zero attached hydrogens (tertiary/aromatic N) is 4. The fourth-order valence-electron chi connectivity index (χ4n) is 3.47. The second-order valence-electron chi connectivity index (χ2n) is 6.58. The van der Waals surface area contributed by atoms with Crippen molar-refractivity contribution < 1.29 is 13.9 Å². The molecule has 1 aliphatic rings. The molecule has 2 aromatic heterocycles. The molecule has 1 amide bonds. The second-order valence-corrected chi connectivity index (χ2v) is 6.58. The highest BCUT2D eigenvalue weighted by Crippen LogP contribution is 2.24. The molecule has 1 fully saturated rings. The Labute approximate surface area is 154 Å². The predicted octanol–water partition coefficient (Wildman–Crippen LogP) is 1.73. The largest absolute Gasteiger partial charge is 0.484 e. The summed E-state index contributed by atoms with van der Waals surface area (Å²) >= 11 is 0. The van der Waals surface area contributed by atoms with Gasteiger partial charge in [0.25, 0.3) is 5.91 Å². The maximum atomic E-state index is 12.9. The van der Waals surface area contributed by atoms with Crippen molar-refractivity contribution in [3.05, 3.63) is 58.9 Å². The average molecular weight is 370 g/mol. The van der Waals surface area contributed by atoms with Crippen molar-refractivity contribution in [2.24, 2.45) is 7.05 Å². The third-order valence-corrected chi connectivity index (χ3v) is 4.91. The molecule has 0 aliphatic carbocycles. The molecule has 8 heteroatoms. The highest BCUT2D eigenvalue weighted by Gasteiger charge is 2.30. The van der Waals surface area contributed by atoms with E-state index in [1.54, 1.807) is 33.3 Å². The Kier molecular flexibility index (Phi) is 4.39. The molecule has 4 rings (SSSR count). The normalized spacial score (nSPS) is 16.8. The lowest BCUT2D eigenvalue weighted by Crippen LogP contribution is -2.34. The zero-order chi connectivity index (χ0) is 19.0. The summed E-state index contributed by atoms with van der Waals surface area (Å²) in [4.78, 5) is 31.1. The first-order valence-corrected chi connectivity index (χ1v) is 8.72. The van der Waals surface area contributed by atoms with Crippen LogP contribution in [0.1, 0.15) is 12.5 Å². The quantitative estimate of drug-likeness (QED) is 0.701. The number of halogens is 1. The van der Waals surface area contributed by atoms with E-state index in [9.17, 15) is 14.0 Å². The van der Waals surface area contributed by atoms with Gasteiger partial charge < -0.3 is 9.64 Å². The van der Waals surface area contributed by atoms with Crippen molar-refractivity contribution in [3.63, 3.8) is 0 Å². The van der Waals surface area contributed by atoms with Crippen LogP contribution in [0.2, 0.25) is 0 Å². The van der Waals surface area contributed by atoms with E-state index in [0.717, 1.165) is 5.52 Å². The molecule has 0 radical (unpaired) electrons. The molecule has 0 saturated carbocycles. The van der Waals surface area contributed by atoms with Gasteiger partial charge in [-0.05, 0) is 42.8 Å². The number of pyridine rings is 1. The van der Waals surface area contributed by atoms with Gasteiger partial charge in [-0.3, -0.25) is 13.9 Å². The molecule has 1 saturated heterocycles. The predicted molar refractivity (Wildman–Crippen MR) is 97.1 cm³/mol. The summed E-state index contributed by atoms with van der Waals surface area (Å²) in [6.07, 6.45) is 2.34. The fraction of sp³-hybridized carbons (Fsp3) is 0.316. The van der Waals surface area contributed by atoms with Gasteiger partial charge in [-0.1, -0.05) is 0 Å². The molecule has 3 aromatic rings. The van der Waals surface area contributed by atoms with E-state index in [2.05, 4.69) is 4.98 Å². The van der Waals surface area contributed by atoms with Crippen LogP contribution in [0.4, 0.5) is 4.39 Å². The van der Waals surface area contributed by atoms with Gasteiger partial charge in [0.2, 0.25) is 0 Å². The molecule has 1 aromatic carbocycles. The van der Waals surface area contributed by atoms with Crippen LogP contribution in [-0.4, -0.2) is 44.6 Å². The second kappa shape index (κ2) is 6.86. The Morgan fingerprint density at radius 3 is 2.85 bits per heavy atom. The number of carbonyl (C=O) groups is 1. The molecule has 0 unspecified atom stereocenters. The number of aryl methyl sites for hydroxylation is 1. The van der Waals surface area contributed by atoms with Crippen LogP contribution < -0.4 is 10.4 Å². The number of hydrogen-bond donors (Lipinski definition) is 0. The van der Waals surface area contributed by atoms with Gasteiger partial charge in [0.1, 0.15) is 11.6 Å². The summed E-state index contributed by atoms with van der Waals surface area (Å²) in [5.74, 6) is -0.0803. The lowest BCUT2D eigenvalue weighted by atomic mass is 10.2. The van der Waals surface area contributed by atoms with E-state index in [-0.39, 0.29) is 30.1 Å². The molecule has 1 atom stereocenters. The van der Waals surface area contributed by atoms with E-state index in [4.69, 9.17) is 4.74 Å². The number of carbonyl (C=O) groups excluding carboxylic acids is 1. The van der Waals surface area contributed by atoms with Crippen molar-refractivity contribution >= 4 is 17.1 Å². The minimum Gasteiger partial charge on any atom is -0.484 e. The number of amides is 1. The first kappa shape index (κ1) is 17.3. The molecule has 0 bridgehead atoms. The van der Waals surface area contributed by atoms with E-state index in [1.807, 2.05) is 6.07 Å². The van der Waals surface area contributed by atoms with Crippen LogP contribution in [0.25, 0.3) is 11.2 Å². The van der Waals surface area contributed by atoms with Gasteiger partial charge in [-0.2, -0.15) is 0 Å². The average Bonchev–Trinajstić information content (AvgIpc) is 3.25. The van der Waals surface area contributed by atoms with Crippen LogP contribution in [0.15, 0.2) is 47.4 Å². The Morgan fingerprint density at radius 1 is 1.30 bits per heavy atom. The zero-order valence-corrected chi connectivity index (χ0v) is 14.8. The Morgan fingerprint density at radius 2 is 2.07 bits per heavy atom. The summed E-state index contributed by atoms with van der Waals surface area (Å²) in [5, 5.41) is 0. The number of aromatic nitrogens is 3. The third kappa shape index (κ3) is 3.18. The number of ether oxygens (including phenoxy) is 1. The molecule has 140 valence electrons. The van der Waals surface area contributed by atoms with Gasteiger partial charge in [0, 0.05) is 26.3 Å². The number of imidazole rings is 1. The topological polar surface area (TPSA) is 69.4 Å². The van der Waals surface area contributed by atoms with Crippen molar-refractivity contribution in [3.8, 4) is 5.75 Å². The highest BCUT2D eigenvalue weighted by atomic mass is 19.1. The minimum atomic E-state index is -0.356. The number of benzene rings is 1. The number of likely N-dealkylation sites (tertiary alicyclic amines) is 1. The fourth-order valence-corrected chi connectivity index (χ4v) is 3.47. The van der Waals surface area contributed by atoms with Gasteiger partial charge >= 0.3 is 5.69 Å². The Balaban J connectivity index is 1.46. The SMILES string of the molecule is Cn1c(=O)n([C@H]2CCN(C(=O)COc3ccc(F)cc3)C2)c2ncccc21. The minimum absolute atomic E-state index is 0.120. The maximum Gasteiger partial charge on any atom is 0.330 e. The standard InChI is InChI=1S/C19H19FN4O3/c1-22-16-3-2-9-21-18(16)24(19(22)26)14-8-10-23(11-14)17(25)12-27-15-6-4-13(20)5-7-15/h2-7,9,14H,8,10-12H2,1H3/t14-/m0/s1. The van der Waals surface area contributed by atoms with Gasteiger partial charge in [0.15, 0.2) is 12.3 Å². The van der Waals surface area contributed by atoms with Crippen molar-refractivity contribution in [2.45, 2.75) is 12.5 Å². The van der Waals surface area contributed by atoms with Crippen LogP contribution in [0.5, 0.6) is 5.75 Å². The van der Waals surface area contributed by atoms with Crippen molar-refractivity contribution in [1.29, 1.82) is 0 Å². The summed E-state index contributed by atoms with van der Waals surface area (Å²) in [5.41, 5.74) is 1.27. The van der Waals surface area contributed by atoms with Crippen LogP contribution >= 0.6 is 0 Å². The van der Waals surface area contributed by atoms with Crippen molar-refractivity contribution in [2.75, 3.05) is 19.7 Å². The summed E-state index contributed by atoms with van der Waals surface area (Å²) in [6, 6.07) is 9.06. The van der Waals surface area contributed by atoms with E-state index >= 15 is 0 Å². The molecular weight excluding hydrogens is 351 g/mol. The third-order valence-electron chi connectivity index (χ3n) is 4.91. The van der Waals surface area contributed by atoms with Crippen LogP contribution in [-0.2, 0) is 11.8 Å². The van der Waals surface area contributed by atoms with Gasteiger partial charge in [0.05, 0.1) is 11.6 Å². The molecule has 0 N–H and O–H groups in total. The first-order valence-electron chi connectivity index (χ1n) is 8.72. The van der Waals surface area contributed by atoms with Crippen molar-refractivity contribution in [1.82, 2.24) is 19.0 Å². The smallest absolute Gasteiger partial charge is 0.330 e. The monoisotopic (exact) mass is 370 g/mol. The van der Waals surface area contributed by atoms with Gasteiger partial charge in [-0.25, -0.2) is 14.2 Å². The molecular formula is C19H19FN4O3. The lowest BCUT2D eigenvalue weighted by molar-refractivity contribution is -0.132. The van der Waals surface area contributed by atoms with E-state index in [0.29, 0.717) is 30.9 Å². The zero-order valence-electron chi connectivity index (χ0n) is 14.8. The molecule has 27 heavy (non-hydrogen) atoms. The first-order chi connectivity index (χ1) is 13.0. The number of fused-ring (bicyclic) bond motifs is 1. The summed E-state index contributed by atoms with van der Waals surface area (Å²) in [7, 11) is 1.72. The highest BCUT2D eigenvalue weighted by molar-refractivity contribution is 5.78. The Hall–Kier alpha value is -3.16. The summed E-state index contributed by atoms with van der Waals surface area (Å²) < 4.78 is 21.6. The molecule has 3 heterocycles. The molecule has 0 spiro atoms. The van der Waals surface area contributed by atoms with E-state index in [1.165, 1.54) is 24.3 Å². The Bertz CT molecular complexity index is 1040.